The van der Waals surface area contributed by atoms with Crippen molar-refractivity contribution >= 4 is 21.8 Å². The van der Waals surface area contributed by atoms with E-state index in [4.69, 9.17) is 9.47 Å². The topological polar surface area (TPSA) is 79.4 Å². The number of hydrogen-bond acceptors (Lipinski definition) is 6. The molecule has 1 saturated heterocycles. The number of benzene rings is 5. The number of methoxy groups -OCH3 is 1. The minimum Gasteiger partial charge on any atom is -0.497 e. The summed E-state index contributed by atoms with van der Waals surface area (Å²) in [4.78, 5) is 17.9. The van der Waals surface area contributed by atoms with Crippen molar-refractivity contribution in [3.8, 4) is 5.75 Å². The lowest BCUT2D eigenvalue weighted by Gasteiger charge is -2.39. The first-order chi connectivity index (χ1) is 24.9. The first-order valence-corrected chi connectivity index (χ1v) is 18.9. The van der Waals surface area contributed by atoms with Gasteiger partial charge in [0.2, 0.25) is 0 Å². The molecule has 1 fully saturated rings. The van der Waals surface area contributed by atoms with Crippen LogP contribution in [0.5, 0.6) is 5.75 Å². The molecule has 9 heteroatoms. The van der Waals surface area contributed by atoms with Gasteiger partial charge in [-0.25, -0.2) is 13.2 Å². The standard InChI is InChI=1S/C42H45N3O5S/c1-49-40-22-24-41(25-23-40)51(47,48)45(37-20-12-5-13-21-37)38-26-28-43(29-27-38)42(46)50-33-39(30-34-14-6-2-7-15-34)44(31-35-16-8-3-9-17-35)32-36-18-10-4-11-19-36/h2-25,38-39H,26-33H2,1H3. The Labute approximate surface area is 301 Å². The number of hydrogen-bond donors (Lipinski definition) is 0. The van der Waals surface area contributed by atoms with Gasteiger partial charge in [-0.05, 0) is 72.4 Å². The van der Waals surface area contributed by atoms with E-state index in [2.05, 4.69) is 41.3 Å². The van der Waals surface area contributed by atoms with Crippen LogP contribution in [0.4, 0.5) is 10.5 Å². The largest absolute Gasteiger partial charge is 0.497 e. The van der Waals surface area contributed by atoms with Crippen molar-refractivity contribution in [1.29, 1.82) is 0 Å². The third-order valence-electron chi connectivity index (χ3n) is 9.37. The molecule has 1 heterocycles. The van der Waals surface area contributed by atoms with Crippen LogP contribution in [0.1, 0.15) is 29.5 Å². The maximum Gasteiger partial charge on any atom is 0.409 e. The first-order valence-electron chi connectivity index (χ1n) is 17.4. The summed E-state index contributed by atoms with van der Waals surface area (Å²) in [5, 5.41) is 0. The van der Waals surface area contributed by atoms with Crippen LogP contribution in [0, 0.1) is 0 Å². The van der Waals surface area contributed by atoms with Crippen molar-refractivity contribution in [2.24, 2.45) is 0 Å². The molecule has 0 spiro atoms. The minimum absolute atomic E-state index is 0.0856. The summed E-state index contributed by atoms with van der Waals surface area (Å²) >= 11 is 0. The van der Waals surface area contributed by atoms with Gasteiger partial charge in [0.25, 0.3) is 10.0 Å². The number of anilines is 1. The van der Waals surface area contributed by atoms with Crippen LogP contribution in [0.3, 0.4) is 0 Å². The Kier molecular flexibility index (Phi) is 12.0. The number of ether oxygens (including phenoxy) is 2. The zero-order chi connectivity index (χ0) is 35.5. The normalized spacial score (nSPS) is 14.2. The number of sulfonamides is 1. The molecule has 0 aliphatic carbocycles. The fourth-order valence-electron chi connectivity index (χ4n) is 6.65. The average Bonchev–Trinajstić information content (AvgIpc) is 3.18. The Bertz CT molecular complexity index is 1860. The van der Waals surface area contributed by atoms with Gasteiger partial charge in [-0.2, -0.15) is 0 Å². The van der Waals surface area contributed by atoms with Gasteiger partial charge in [0, 0.05) is 38.3 Å². The van der Waals surface area contributed by atoms with Crippen molar-refractivity contribution in [2.45, 2.75) is 49.3 Å². The van der Waals surface area contributed by atoms with Crippen molar-refractivity contribution in [2.75, 3.05) is 31.1 Å². The highest BCUT2D eigenvalue weighted by Crippen LogP contribution is 2.31. The molecule has 0 saturated carbocycles. The molecule has 1 atom stereocenters. The van der Waals surface area contributed by atoms with Crippen molar-refractivity contribution in [1.82, 2.24) is 9.80 Å². The number of rotatable bonds is 14. The smallest absolute Gasteiger partial charge is 0.409 e. The number of likely N-dealkylation sites (tertiary alicyclic amines) is 1. The predicted molar refractivity (Wildman–Crippen MR) is 201 cm³/mol. The van der Waals surface area contributed by atoms with Crippen LogP contribution in [-0.2, 0) is 34.3 Å². The van der Waals surface area contributed by atoms with Crippen LogP contribution in [0.2, 0.25) is 0 Å². The van der Waals surface area contributed by atoms with Gasteiger partial charge in [-0.3, -0.25) is 9.21 Å². The Hall–Kier alpha value is -5.12. The van der Waals surface area contributed by atoms with E-state index in [0.29, 0.717) is 56.9 Å². The fourth-order valence-corrected chi connectivity index (χ4v) is 8.36. The molecule has 5 aromatic carbocycles. The molecule has 1 aliphatic heterocycles. The number of piperidine rings is 1. The van der Waals surface area contributed by atoms with E-state index in [0.717, 1.165) is 0 Å². The monoisotopic (exact) mass is 703 g/mol. The van der Waals surface area contributed by atoms with Gasteiger partial charge in [-0.1, -0.05) is 109 Å². The molecular weight excluding hydrogens is 659 g/mol. The average molecular weight is 704 g/mol. The molecule has 1 unspecified atom stereocenters. The molecule has 5 aromatic rings. The molecule has 0 radical (unpaired) electrons. The summed E-state index contributed by atoms with van der Waals surface area (Å²) in [5.41, 5.74) is 4.14. The van der Waals surface area contributed by atoms with Gasteiger partial charge in [0.1, 0.15) is 12.4 Å². The number of nitrogens with zero attached hydrogens (tertiary/aromatic N) is 3. The number of carbonyl (C=O) groups is 1. The molecule has 6 rings (SSSR count). The quantitative estimate of drug-likeness (QED) is 0.118. The Morgan fingerprint density at radius 3 is 1.71 bits per heavy atom. The van der Waals surface area contributed by atoms with E-state index in [1.807, 2.05) is 84.9 Å². The summed E-state index contributed by atoms with van der Waals surface area (Å²) in [6, 6.07) is 46.2. The molecule has 0 N–H and O–H groups in total. The first kappa shape index (κ1) is 35.7. The Balaban J connectivity index is 1.16. The van der Waals surface area contributed by atoms with E-state index in [-0.39, 0.29) is 29.7 Å². The van der Waals surface area contributed by atoms with Gasteiger partial charge >= 0.3 is 6.09 Å². The molecule has 1 aliphatic rings. The van der Waals surface area contributed by atoms with Crippen LogP contribution in [-0.4, -0.2) is 63.2 Å². The summed E-state index contributed by atoms with van der Waals surface area (Å²) in [5.74, 6) is 0.585. The summed E-state index contributed by atoms with van der Waals surface area (Å²) < 4.78 is 41.0. The SMILES string of the molecule is COc1ccc(S(=O)(=O)N(c2ccccc2)C2CCN(C(=O)OCC(Cc3ccccc3)N(Cc3ccccc3)Cc3ccccc3)CC2)cc1. The third-order valence-corrected chi connectivity index (χ3v) is 11.3. The van der Waals surface area contributed by atoms with E-state index >= 15 is 0 Å². The Morgan fingerprint density at radius 1 is 0.706 bits per heavy atom. The second kappa shape index (κ2) is 17.2. The molecule has 0 bridgehead atoms. The van der Waals surface area contributed by atoms with Crippen molar-refractivity contribution in [3.63, 3.8) is 0 Å². The third kappa shape index (κ3) is 9.36. The minimum atomic E-state index is -3.89. The van der Waals surface area contributed by atoms with Crippen molar-refractivity contribution in [3.05, 3.63) is 162 Å². The van der Waals surface area contributed by atoms with Crippen LogP contribution >= 0.6 is 0 Å². The van der Waals surface area contributed by atoms with E-state index < -0.39 is 10.0 Å². The van der Waals surface area contributed by atoms with Gasteiger partial charge in [0.05, 0.1) is 17.7 Å². The van der Waals surface area contributed by atoms with E-state index in [1.165, 1.54) is 21.0 Å². The highest BCUT2D eigenvalue weighted by atomic mass is 32.2. The maximum atomic E-state index is 14.1. The predicted octanol–water partition coefficient (Wildman–Crippen LogP) is 7.81. The zero-order valence-corrected chi connectivity index (χ0v) is 29.8. The lowest BCUT2D eigenvalue weighted by molar-refractivity contribution is 0.0540. The van der Waals surface area contributed by atoms with Gasteiger partial charge in [-0.15, -0.1) is 0 Å². The van der Waals surface area contributed by atoms with E-state index in [1.54, 1.807) is 36.3 Å². The molecule has 1 amide bonds. The zero-order valence-electron chi connectivity index (χ0n) is 29.0. The molecule has 51 heavy (non-hydrogen) atoms. The molecule has 264 valence electrons. The second-order valence-corrected chi connectivity index (χ2v) is 14.6. The molecule has 8 nitrogen and oxygen atoms in total. The summed E-state index contributed by atoms with van der Waals surface area (Å²) in [6.07, 6.45) is 1.28. The second-order valence-electron chi connectivity index (χ2n) is 12.8. The van der Waals surface area contributed by atoms with Crippen LogP contribution in [0.25, 0.3) is 0 Å². The number of carbonyl (C=O) groups excluding carboxylic acids is 1. The Morgan fingerprint density at radius 2 is 1.20 bits per heavy atom. The van der Waals surface area contributed by atoms with Gasteiger partial charge in [0.15, 0.2) is 0 Å². The van der Waals surface area contributed by atoms with Gasteiger partial charge < -0.3 is 14.4 Å². The van der Waals surface area contributed by atoms with Crippen molar-refractivity contribution < 1.29 is 22.7 Å². The van der Waals surface area contributed by atoms with Crippen LogP contribution in [0.15, 0.2) is 150 Å². The summed E-state index contributed by atoms with van der Waals surface area (Å²) in [7, 11) is -2.34. The number of para-hydroxylation sites is 1. The summed E-state index contributed by atoms with van der Waals surface area (Å²) in [6.45, 7) is 2.38. The highest BCUT2D eigenvalue weighted by molar-refractivity contribution is 7.92. The lowest BCUT2D eigenvalue weighted by atomic mass is 10.0. The highest BCUT2D eigenvalue weighted by Gasteiger charge is 2.36. The fraction of sp³-hybridized carbons (Fsp3) is 0.262. The number of amides is 1. The lowest BCUT2D eigenvalue weighted by Crippen LogP contribution is -2.49. The van der Waals surface area contributed by atoms with Crippen LogP contribution < -0.4 is 9.04 Å². The molecular formula is C42H45N3O5S. The molecule has 0 aromatic heterocycles. The maximum absolute atomic E-state index is 14.1. The van der Waals surface area contributed by atoms with E-state index in [9.17, 15) is 13.2 Å².